The zero-order chi connectivity index (χ0) is 16.5. The normalized spacial score (nSPS) is 9.61. The van der Waals surface area contributed by atoms with Crippen LogP contribution in [0.3, 0.4) is 0 Å². The third-order valence-electron chi connectivity index (χ3n) is 2.82. The van der Waals surface area contributed by atoms with Crippen LogP contribution in [0.2, 0.25) is 0 Å². The molecule has 23 heavy (non-hydrogen) atoms. The third kappa shape index (κ3) is 4.71. The fourth-order valence-corrected chi connectivity index (χ4v) is 1.81. The lowest BCUT2D eigenvalue weighted by atomic mass is 10.2. The SMILES string of the molecule is CCOC(=O)C(=O)NCC#CCOc1cccc2cccnc12. The van der Waals surface area contributed by atoms with Crippen LogP contribution in [-0.2, 0) is 14.3 Å². The Morgan fingerprint density at radius 2 is 2.04 bits per heavy atom. The van der Waals surface area contributed by atoms with Gasteiger partial charge in [0.05, 0.1) is 13.2 Å². The summed E-state index contributed by atoms with van der Waals surface area (Å²) in [6, 6.07) is 9.46. The van der Waals surface area contributed by atoms with Crippen LogP contribution in [0.25, 0.3) is 10.9 Å². The smallest absolute Gasteiger partial charge is 0.396 e. The monoisotopic (exact) mass is 312 g/mol. The van der Waals surface area contributed by atoms with Crippen LogP contribution < -0.4 is 10.1 Å². The number of carbonyl (C=O) groups excluding carboxylic acids is 2. The molecule has 0 unspecified atom stereocenters. The second-order valence-electron chi connectivity index (χ2n) is 4.38. The van der Waals surface area contributed by atoms with E-state index in [4.69, 9.17) is 4.74 Å². The van der Waals surface area contributed by atoms with Crippen molar-refractivity contribution >= 4 is 22.8 Å². The molecule has 0 bridgehead atoms. The molecule has 0 aliphatic rings. The summed E-state index contributed by atoms with van der Waals surface area (Å²) >= 11 is 0. The van der Waals surface area contributed by atoms with E-state index in [9.17, 15) is 9.59 Å². The summed E-state index contributed by atoms with van der Waals surface area (Å²) < 4.78 is 10.1. The van der Waals surface area contributed by atoms with Gasteiger partial charge < -0.3 is 14.8 Å². The number of ether oxygens (including phenoxy) is 2. The van der Waals surface area contributed by atoms with Crippen LogP contribution in [0.1, 0.15) is 6.92 Å². The number of benzene rings is 1. The highest BCUT2D eigenvalue weighted by atomic mass is 16.5. The Bertz CT molecular complexity index is 757. The summed E-state index contributed by atoms with van der Waals surface area (Å²) in [5.41, 5.74) is 0.771. The molecule has 0 saturated carbocycles. The van der Waals surface area contributed by atoms with Crippen molar-refractivity contribution in [1.29, 1.82) is 0 Å². The van der Waals surface area contributed by atoms with Gasteiger partial charge in [0.25, 0.3) is 0 Å². The predicted molar refractivity (Wildman–Crippen MR) is 84.7 cm³/mol. The minimum atomic E-state index is -0.910. The summed E-state index contributed by atoms with van der Waals surface area (Å²) in [6.07, 6.45) is 1.70. The molecule has 0 saturated heterocycles. The largest absolute Gasteiger partial charge is 0.479 e. The number of amides is 1. The van der Waals surface area contributed by atoms with Gasteiger partial charge in [0.15, 0.2) is 0 Å². The predicted octanol–water partition coefficient (Wildman–Crippen LogP) is 1.30. The molecule has 0 spiro atoms. The molecule has 1 heterocycles. The molecule has 0 aliphatic carbocycles. The number of hydrogen-bond donors (Lipinski definition) is 1. The van der Waals surface area contributed by atoms with Crippen LogP contribution >= 0.6 is 0 Å². The lowest BCUT2D eigenvalue weighted by Crippen LogP contribution is -2.32. The highest BCUT2D eigenvalue weighted by Crippen LogP contribution is 2.22. The van der Waals surface area contributed by atoms with Crippen molar-refractivity contribution in [1.82, 2.24) is 10.3 Å². The van der Waals surface area contributed by atoms with E-state index in [-0.39, 0.29) is 19.8 Å². The summed E-state index contributed by atoms with van der Waals surface area (Å²) in [7, 11) is 0. The van der Waals surface area contributed by atoms with E-state index >= 15 is 0 Å². The quantitative estimate of drug-likeness (QED) is 0.523. The Balaban J connectivity index is 1.81. The van der Waals surface area contributed by atoms with Gasteiger partial charge in [-0.3, -0.25) is 9.78 Å². The van der Waals surface area contributed by atoms with E-state index in [1.165, 1.54) is 0 Å². The van der Waals surface area contributed by atoms with Gasteiger partial charge in [-0.15, -0.1) is 0 Å². The zero-order valence-electron chi connectivity index (χ0n) is 12.7. The van der Waals surface area contributed by atoms with Crippen LogP contribution in [0, 0.1) is 11.8 Å². The number of esters is 1. The van der Waals surface area contributed by atoms with Crippen LogP contribution in [0.5, 0.6) is 5.75 Å². The van der Waals surface area contributed by atoms with Gasteiger partial charge in [0.2, 0.25) is 0 Å². The standard InChI is InChI=1S/C17H16N2O4/c1-2-22-17(21)16(20)19-10-3-4-12-23-14-9-5-7-13-8-6-11-18-15(13)14/h5-9,11H,2,10,12H2,1H3,(H,19,20). The first-order valence-corrected chi connectivity index (χ1v) is 7.09. The first-order chi connectivity index (χ1) is 11.2. The number of aromatic nitrogens is 1. The lowest BCUT2D eigenvalue weighted by molar-refractivity contribution is -0.154. The molecule has 6 heteroatoms. The van der Waals surface area contributed by atoms with Crippen molar-refractivity contribution in [3.63, 3.8) is 0 Å². The average molecular weight is 312 g/mol. The van der Waals surface area contributed by atoms with Gasteiger partial charge >= 0.3 is 11.9 Å². The van der Waals surface area contributed by atoms with Crippen molar-refractivity contribution in [3.8, 4) is 17.6 Å². The second kappa shape index (κ2) is 8.39. The molecular weight excluding hydrogens is 296 g/mol. The van der Waals surface area contributed by atoms with E-state index in [1.807, 2.05) is 30.3 Å². The van der Waals surface area contributed by atoms with Crippen LogP contribution in [0.15, 0.2) is 36.5 Å². The van der Waals surface area contributed by atoms with Crippen molar-refractivity contribution in [2.24, 2.45) is 0 Å². The van der Waals surface area contributed by atoms with Crippen LogP contribution in [0.4, 0.5) is 0 Å². The Morgan fingerprint density at radius 3 is 2.87 bits per heavy atom. The first kappa shape index (κ1) is 16.3. The molecule has 0 radical (unpaired) electrons. The Kier molecular flexibility index (Phi) is 5.95. The fourth-order valence-electron chi connectivity index (χ4n) is 1.81. The highest BCUT2D eigenvalue weighted by molar-refractivity contribution is 6.32. The van der Waals surface area contributed by atoms with E-state index < -0.39 is 11.9 Å². The molecule has 2 aromatic rings. The van der Waals surface area contributed by atoms with Crippen molar-refractivity contribution in [2.45, 2.75) is 6.92 Å². The molecule has 1 N–H and O–H groups in total. The van der Waals surface area contributed by atoms with Gasteiger partial charge in [-0.2, -0.15) is 0 Å². The van der Waals surface area contributed by atoms with Gasteiger partial charge in [-0.25, -0.2) is 4.79 Å². The van der Waals surface area contributed by atoms with Crippen molar-refractivity contribution in [3.05, 3.63) is 36.5 Å². The first-order valence-electron chi connectivity index (χ1n) is 7.09. The molecule has 6 nitrogen and oxygen atoms in total. The van der Waals surface area contributed by atoms with E-state index in [1.54, 1.807) is 13.1 Å². The minimum Gasteiger partial charge on any atom is -0.479 e. The number of para-hydroxylation sites is 1. The molecule has 1 amide bonds. The summed E-state index contributed by atoms with van der Waals surface area (Å²) in [5.74, 6) is 4.39. The van der Waals surface area contributed by atoms with Gasteiger partial charge in [-0.1, -0.05) is 30.0 Å². The summed E-state index contributed by atoms with van der Waals surface area (Å²) in [6.45, 7) is 2.00. The summed E-state index contributed by atoms with van der Waals surface area (Å²) in [5, 5.41) is 3.33. The number of pyridine rings is 1. The van der Waals surface area contributed by atoms with E-state index in [0.717, 1.165) is 10.9 Å². The average Bonchev–Trinajstić information content (AvgIpc) is 2.58. The minimum absolute atomic E-state index is 0.0504. The maximum absolute atomic E-state index is 11.2. The van der Waals surface area contributed by atoms with Crippen molar-refractivity contribution < 1.29 is 19.1 Å². The highest BCUT2D eigenvalue weighted by Gasteiger charge is 2.12. The maximum Gasteiger partial charge on any atom is 0.396 e. The third-order valence-corrected chi connectivity index (χ3v) is 2.82. The molecule has 0 aliphatic heterocycles. The van der Waals surface area contributed by atoms with Crippen LogP contribution in [-0.4, -0.2) is 36.6 Å². The van der Waals surface area contributed by atoms with E-state index in [0.29, 0.717) is 5.75 Å². The molecule has 0 fully saturated rings. The summed E-state index contributed by atoms with van der Waals surface area (Å²) in [4.78, 5) is 26.6. The number of nitrogens with zero attached hydrogens (tertiary/aromatic N) is 1. The number of rotatable bonds is 4. The molecule has 0 atom stereocenters. The van der Waals surface area contributed by atoms with Gasteiger partial charge in [0, 0.05) is 11.6 Å². The Labute approximate surface area is 133 Å². The fraction of sp³-hybridized carbons (Fsp3) is 0.235. The number of carbonyl (C=O) groups is 2. The molecule has 2 rings (SSSR count). The molecular formula is C17H16N2O4. The Morgan fingerprint density at radius 1 is 1.22 bits per heavy atom. The van der Waals surface area contributed by atoms with Gasteiger partial charge in [0.1, 0.15) is 17.9 Å². The van der Waals surface area contributed by atoms with Crippen molar-refractivity contribution in [2.75, 3.05) is 19.8 Å². The number of nitrogens with one attached hydrogen (secondary N) is 1. The number of hydrogen-bond acceptors (Lipinski definition) is 5. The topological polar surface area (TPSA) is 77.5 Å². The lowest BCUT2D eigenvalue weighted by Gasteiger charge is -2.05. The molecule has 118 valence electrons. The second-order valence-corrected chi connectivity index (χ2v) is 4.38. The van der Waals surface area contributed by atoms with E-state index in [2.05, 4.69) is 26.9 Å². The molecule has 1 aromatic carbocycles. The number of fused-ring (bicyclic) bond motifs is 1. The Hall–Kier alpha value is -3.07. The zero-order valence-corrected chi connectivity index (χ0v) is 12.7. The van der Waals surface area contributed by atoms with Gasteiger partial charge in [-0.05, 0) is 19.1 Å². The molecule has 1 aromatic heterocycles. The maximum atomic E-state index is 11.2.